The lowest BCUT2D eigenvalue weighted by molar-refractivity contribution is 0.414. The molecule has 0 spiro atoms. The maximum atomic E-state index is 11.9. The van der Waals surface area contributed by atoms with Crippen molar-refractivity contribution < 1.29 is 13.2 Å². The number of aromatic amines is 1. The molecule has 0 aliphatic rings. The molecule has 1 aromatic carbocycles. The monoisotopic (exact) mass is 253 g/mol. The Morgan fingerprint density at radius 2 is 2.00 bits per heavy atom. The van der Waals surface area contributed by atoms with Gasteiger partial charge in [0.05, 0.1) is 12.0 Å². The highest BCUT2D eigenvalue weighted by atomic mass is 32.2. The maximum absolute atomic E-state index is 11.9. The molecule has 2 N–H and O–H groups in total. The minimum Gasteiger partial charge on any atom is -0.497 e. The van der Waals surface area contributed by atoms with E-state index in [0.717, 1.165) is 0 Å². The van der Waals surface area contributed by atoms with E-state index >= 15 is 0 Å². The van der Waals surface area contributed by atoms with Gasteiger partial charge in [-0.1, -0.05) is 0 Å². The van der Waals surface area contributed by atoms with Gasteiger partial charge in [-0.3, -0.25) is 0 Å². The summed E-state index contributed by atoms with van der Waals surface area (Å²) in [7, 11) is -2.09. The molecule has 6 nitrogen and oxygen atoms in total. The quantitative estimate of drug-likeness (QED) is 0.858. The topological polar surface area (TPSA) is 84.1 Å². The number of rotatable bonds is 4. The number of anilines is 1. The van der Waals surface area contributed by atoms with Crippen LogP contribution in [0.2, 0.25) is 0 Å². The van der Waals surface area contributed by atoms with Crippen molar-refractivity contribution in [2.24, 2.45) is 0 Å². The van der Waals surface area contributed by atoms with Crippen molar-refractivity contribution in [3.8, 4) is 5.75 Å². The molecule has 0 bridgehead atoms. The molecule has 0 saturated carbocycles. The summed E-state index contributed by atoms with van der Waals surface area (Å²) < 4.78 is 31.0. The highest BCUT2D eigenvalue weighted by molar-refractivity contribution is 7.92. The number of sulfonamides is 1. The van der Waals surface area contributed by atoms with Gasteiger partial charge in [0, 0.05) is 12.4 Å². The zero-order chi connectivity index (χ0) is 12.3. The summed E-state index contributed by atoms with van der Waals surface area (Å²) in [6, 6.07) is 6.08. The third-order valence-electron chi connectivity index (χ3n) is 2.10. The van der Waals surface area contributed by atoms with Crippen LogP contribution < -0.4 is 9.46 Å². The predicted molar refractivity (Wildman–Crippen MR) is 62.4 cm³/mol. The summed E-state index contributed by atoms with van der Waals surface area (Å²) in [4.78, 5) is 6.60. The first kappa shape index (κ1) is 11.5. The van der Waals surface area contributed by atoms with Gasteiger partial charge >= 0.3 is 0 Å². The van der Waals surface area contributed by atoms with Crippen molar-refractivity contribution >= 4 is 16.0 Å². The minimum absolute atomic E-state index is 0.148. The van der Waals surface area contributed by atoms with Gasteiger partial charge in [0.15, 0.2) is 0 Å². The highest BCUT2D eigenvalue weighted by Crippen LogP contribution is 2.17. The number of hydrogen-bond acceptors (Lipinski definition) is 4. The summed E-state index contributed by atoms with van der Waals surface area (Å²) in [5, 5.41) is 0. The lowest BCUT2D eigenvalue weighted by atomic mass is 10.3. The number of nitrogens with zero attached hydrogens (tertiary/aromatic N) is 1. The lowest BCUT2D eigenvalue weighted by Gasteiger charge is -2.06. The average Bonchev–Trinajstić information content (AvgIpc) is 2.81. The van der Waals surface area contributed by atoms with Crippen molar-refractivity contribution in [3.63, 3.8) is 0 Å². The van der Waals surface area contributed by atoms with E-state index < -0.39 is 10.0 Å². The maximum Gasteiger partial charge on any atom is 0.264 e. The first-order valence-electron chi connectivity index (χ1n) is 4.78. The smallest absolute Gasteiger partial charge is 0.264 e. The second kappa shape index (κ2) is 4.46. The zero-order valence-corrected chi connectivity index (χ0v) is 9.86. The Hall–Kier alpha value is -2.02. The molecule has 1 heterocycles. The molecule has 0 aliphatic heterocycles. The van der Waals surface area contributed by atoms with Crippen molar-refractivity contribution in [3.05, 3.63) is 36.7 Å². The molecule has 17 heavy (non-hydrogen) atoms. The van der Waals surface area contributed by atoms with Crippen LogP contribution in [0.5, 0.6) is 5.75 Å². The molecule has 90 valence electrons. The Bertz CT molecular complexity index is 576. The van der Waals surface area contributed by atoms with Crippen LogP contribution in [-0.4, -0.2) is 25.5 Å². The van der Waals surface area contributed by atoms with Crippen molar-refractivity contribution in [2.45, 2.75) is 4.90 Å². The van der Waals surface area contributed by atoms with Gasteiger partial charge < -0.3 is 9.72 Å². The van der Waals surface area contributed by atoms with Crippen molar-refractivity contribution in [2.75, 3.05) is 11.8 Å². The molecule has 2 aromatic rings. The Balaban J connectivity index is 2.25. The molecule has 0 unspecified atom stereocenters. The van der Waals surface area contributed by atoms with Crippen LogP contribution in [0.25, 0.3) is 0 Å². The molecule has 0 radical (unpaired) electrons. The number of methoxy groups -OCH3 is 1. The summed E-state index contributed by atoms with van der Waals surface area (Å²) in [6.45, 7) is 0. The molecular formula is C10H11N3O3S. The average molecular weight is 253 g/mol. The standard InChI is InChI=1S/C10H11N3O3S/c1-16-8-2-4-9(5-3-8)17(14,15)13-10-11-6-7-12-10/h2-7H,1H3,(H2,11,12,13). The van der Waals surface area contributed by atoms with E-state index in [9.17, 15) is 8.42 Å². The molecule has 1 aromatic heterocycles. The summed E-state index contributed by atoms with van der Waals surface area (Å²) in [6.07, 6.45) is 3.00. The Morgan fingerprint density at radius 1 is 1.29 bits per heavy atom. The van der Waals surface area contributed by atoms with Crippen LogP contribution in [-0.2, 0) is 10.0 Å². The fraction of sp³-hybridized carbons (Fsp3) is 0.100. The van der Waals surface area contributed by atoms with E-state index in [1.807, 2.05) is 0 Å². The number of imidazole rings is 1. The summed E-state index contributed by atoms with van der Waals surface area (Å²) >= 11 is 0. The summed E-state index contributed by atoms with van der Waals surface area (Å²) in [5.41, 5.74) is 0. The summed E-state index contributed by atoms with van der Waals surface area (Å²) in [5.74, 6) is 0.780. The van der Waals surface area contributed by atoms with E-state index in [-0.39, 0.29) is 10.8 Å². The van der Waals surface area contributed by atoms with Crippen LogP contribution in [0.1, 0.15) is 0 Å². The van der Waals surface area contributed by atoms with E-state index in [1.54, 1.807) is 12.1 Å². The first-order chi connectivity index (χ1) is 8.12. The third kappa shape index (κ3) is 2.56. The van der Waals surface area contributed by atoms with E-state index in [0.29, 0.717) is 5.75 Å². The molecule has 7 heteroatoms. The second-order valence-electron chi connectivity index (χ2n) is 3.22. The molecule has 2 rings (SSSR count). The Kier molecular flexibility index (Phi) is 3.01. The van der Waals surface area contributed by atoms with Crippen LogP contribution in [0.15, 0.2) is 41.6 Å². The van der Waals surface area contributed by atoms with Crippen LogP contribution in [0.3, 0.4) is 0 Å². The fourth-order valence-corrected chi connectivity index (χ4v) is 2.24. The van der Waals surface area contributed by atoms with Crippen molar-refractivity contribution in [1.29, 1.82) is 0 Å². The third-order valence-corrected chi connectivity index (χ3v) is 3.45. The van der Waals surface area contributed by atoms with Gasteiger partial charge in [-0.25, -0.2) is 18.1 Å². The first-order valence-corrected chi connectivity index (χ1v) is 6.26. The Morgan fingerprint density at radius 3 is 2.53 bits per heavy atom. The van der Waals surface area contributed by atoms with Gasteiger partial charge in [-0.05, 0) is 24.3 Å². The van der Waals surface area contributed by atoms with Gasteiger partial charge in [0.1, 0.15) is 5.75 Å². The van der Waals surface area contributed by atoms with E-state index in [1.165, 1.54) is 31.6 Å². The normalized spacial score (nSPS) is 11.1. The van der Waals surface area contributed by atoms with Crippen LogP contribution in [0.4, 0.5) is 5.95 Å². The predicted octanol–water partition coefficient (Wildman–Crippen LogP) is 1.22. The van der Waals surface area contributed by atoms with Gasteiger partial charge in [-0.15, -0.1) is 0 Å². The molecule has 0 fully saturated rings. The number of ether oxygens (including phenoxy) is 1. The molecule has 0 atom stereocenters. The van der Waals surface area contributed by atoms with Crippen LogP contribution >= 0.6 is 0 Å². The van der Waals surface area contributed by atoms with E-state index in [2.05, 4.69) is 14.7 Å². The molecule has 0 saturated heterocycles. The van der Waals surface area contributed by atoms with Gasteiger partial charge in [0.25, 0.3) is 10.0 Å². The zero-order valence-electron chi connectivity index (χ0n) is 9.04. The molecule has 0 aliphatic carbocycles. The fourth-order valence-electron chi connectivity index (χ4n) is 1.26. The van der Waals surface area contributed by atoms with Crippen LogP contribution in [0, 0.1) is 0 Å². The number of nitrogens with one attached hydrogen (secondary N) is 2. The Labute approximate surface area is 98.7 Å². The molecule has 0 amide bonds. The number of benzene rings is 1. The lowest BCUT2D eigenvalue weighted by Crippen LogP contribution is -2.13. The number of aromatic nitrogens is 2. The highest BCUT2D eigenvalue weighted by Gasteiger charge is 2.14. The second-order valence-corrected chi connectivity index (χ2v) is 4.90. The van der Waals surface area contributed by atoms with Gasteiger partial charge in [-0.2, -0.15) is 0 Å². The van der Waals surface area contributed by atoms with Crippen molar-refractivity contribution in [1.82, 2.24) is 9.97 Å². The SMILES string of the molecule is COc1ccc(S(=O)(=O)Nc2ncc[nH]2)cc1. The van der Waals surface area contributed by atoms with E-state index in [4.69, 9.17) is 4.74 Å². The largest absolute Gasteiger partial charge is 0.497 e. The van der Waals surface area contributed by atoms with Gasteiger partial charge in [0.2, 0.25) is 5.95 Å². The minimum atomic E-state index is -3.61. The number of hydrogen-bond donors (Lipinski definition) is 2. The number of H-pyrrole nitrogens is 1. The molecular weight excluding hydrogens is 242 g/mol.